The minimum absolute atomic E-state index is 0.0269. The zero-order valence-corrected chi connectivity index (χ0v) is 14.1. The predicted octanol–water partition coefficient (Wildman–Crippen LogP) is 3.52. The summed E-state index contributed by atoms with van der Waals surface area (Å²) in [5.41, 5.74) is 5.92. The number of hydrogen-bond donors (Lipinski definition) is 2. The van der Waals surface area contributed by atoms with Gasteiger partial charge >= 0.3 is 6.36 Å². The van der Waals surface area contributed by atoms with E-state index in [9.17, 15) is 13.2 Å². The van der Waals surface area contributed by atoms with Gasteiger partial charge in [0.15, 0.2) is 11.7 Å². The Morgan fingerprint density at radius 1 is 1.36 bits per heavy atom. The molecule has 2 fully saturated rings. The van der Waals surface area contributed by atoms with E-state index in [0.29, 0.717) is 5.92 Å². The third-order valence-corrected chi connectivity index (χ3v) is 4.92. The molecular formula is C17H22F3N3O2. The van der Waals surface area contributed by atoms with Gasteiger partial charge in [-0.15, -0.1) is 13.2 Å². The number of alkyl halides is 3. The number of rotatable bonds is 3. The zero-order chi connectivity index (χ0) is 18.2. The van der Waals surface area contributed by atoms with Crippen LogP contribution in [0.25, 0.3) is 0 Å². The molecule has 25 heavy (non-hydrogen) atoms. The van der Waals surface area contributed by atoms with Crippen molar-refractivity contribution in [1.29, 1.82) is 0 Å². The minimum atomic E-state index is -4.77. The Labute approximate surface area is 144 Å². The molecule has 0 spiro atoms. The molecule has 3 unspecified atom stereocenters. The molecule has 0 radical (unpaired) electrons. The fourth-order valence-corrected chi connectivity index (χ4v) is 3.86. The summed E-state index contributed by atoms with van der Waals surface area (Å²) in [6.07, 6.45) is -2.61. The zero-order valence-electron chi connectivity index (χ0n) is 14.1. The molecule has 3 atom stereocenters. The number of hydrogen-bond acceptors (Lipinski definition) is 3. The molecule has 0 aromatic heterocycles. The van der Waals surface area contributed by atoms with Gasteiger partial charge < -0.3 is 20.5 Å². The van der Waals surface area contributed by atoms with Gasteiger partial charge in [-0.2, -0.15) is 0 Å². The number of halogens is 3. The highest BCUT2D eigenvalue weighted by molar-refractivity contribution is 5.93. The second-order valence-corrected chi connectivity index (χ2v) is 7.05. The van der Waals surface area contributed by atoms with Gasteiger partial charge in [-0.05, 0) is 25.0 Å². The number of guanidine groups is 1. The number of fused-ring (bicyclic) bond motifs is 1. The van der Waals surface area contributed by atoms with E-state index in [1.807, 2.05) is 0 Å². The number of ether oxygens (including phenoxy) is 2. The van der Waals surface area contributed by atoms with Crippen LogP contribution in [0, 0.1) is 11.3 Å². The summed E-state index contributed by atoms with van der Waals surface area (Å²) in [6.45, 7) is 4.90. The summed E-state index contributed by atoms with van der Waals surface area (Å²) in [5, 5.41) is 2.73. The van der Waals surface area contributed by atoms with Gasteiger partial charge in [-0.25, -0.2) is 4.99 Å². The molecule has 5 nitrogen and oxygen atoms in total. The van der Waals surface area contributed by atoms with E-state index in [1.54, 1.807) is 6.07 Å². The Morgan fingerprint density at radius 3 is 2.80 bits per heavy atom. The van der Waals surface area contributed by atoms with E-state index in [2.05, 4.69) is 28.9 Å². The van der Waals surface area contributed by atoms with E-state index in [4.69, 9.17) is 10.5 Å². The number of benzene rings is 1. The van der Waals surface area contributed by atoms with E-state index < -0.39 is 6.36 Å². The molecule has 138 valence electrons. The summed E-state index contributed by atoms with van der Waals surface area (Å²) in [6, 6.07) is 5.71. The van der Waals surface area contributed by atoms with Gasteiger partial charge in [0.25, 0.3) is 0 Å². The molecule has 8 heteroatoms. The summed E-state index contributed by atoms with van der Waals surface area (Å²) < 4.78 is 47.3. The first-order chi connectivity index (χ1) is 11.7. The van der Waals surface area contributed by atoms with Gasteiger partial charge in [-0.1, -0.05) is 26.0 Å². The van der Waals surface area contributed by atoms with Crippen LogP contribution in [-0.2, 0) is 4.74 Å². The first-order valence-electron chi connectivity index (χ1n) is 8.25. The number of para-hydroxylation sites is 2. The van der Waals surface area contributed by atoms with E-state index in [0.717, 1.165) is 19.4 Å². The van der Waals surface area contributed by atoms with Gasteiger partial charge in [0.1, 0.15) is 0 Å². The molecule has 1 aromatic rings. The Morgan fingerprint density at radius 2 is 2.08 bits per heavy atom. The Bertz CT molecular complexity index is 661. The van der Waals surface area contributed by atoms with Gasteiger partial charge in [0.05, 0.1) is 17.8 Å². The van der Waals surface area contributed by atoms with Crippen molar-refractivity contribution in [2.45, 2.75) is 45.2 Å². The van der Waals surface area contributed by atoms with E-state index in [1.165, 1.54) is 18.2 Å². The van der Waals surface area contributed by atoms with Crippen molar-refractivity contribution in [2.24, 2.45) is 22.1 Å². The van der Waals surface area contributed by atoms with Crippen LogP contribution in [0.4, 0.5) is 18.9 Å². The lowest BCUT2D eigenvalue weighted by molar-refractivity contribution is -0.274. The number of nitrogens with one attached hydrogen (secondary N) is 1. The van der Waals surface area contributed by atoms with Crippen LogP contribution in [0.3, 0.4) is 0 Å². The van der Waals surface area contributed by atoms with Crippen molar-refractivity contribution < 1.29 is 22.6 Å². The summed E-state index contributed by atoms with van der Waals surface area (Å²) >= 11 is 0. The van der Waals surface area contributed by atoms with E-state index >= 15 is 0 Å². The van der Waals surface area contributed by atoms with Crippen LogP contribution in [0.1, 0.15) is 26.7 Å². The maximum absolute atomic E-state index is 12.5. The molecular weight excluding hydrogens is 335 g/mol. The molecule has 1 heterocycles. The first kappa shape index (κ1) is 17.8. The summed E-state index contributed by atoms with van der Waals surface area (Å²) in [7, 11) is 0. The number of nitrogens with zero attached hydrogens (tertiary/aromatic N) is 1. The van der Waals surface area contributed by atoms with Crippen molar-refractivity contribution in [3.8, 4) is 5.75 Å². The summed E-state index contributed by atoms with van der Waals surface area (Å²) in [5.74, 6) is 0.0194. The maximum Gasteiger partial charge on any atom is 0.573 e. The topological polar surface area (TPSA) is 68.9 Å². The van der Waals surface area contributed by atoms with Crippen molar-refractivity contribution in [1.82, 2.24) is 0 Å². The highest BCUT2D eigenvalue weighted by Crippen LogP contribution is 2.53. The molecule has 3 rings (SSSR count). The van der Waals surface area contributed by atoms with Crippen LogP contribution < -0.4 is 15.8 Å². The van der Waals surface area contributed by atoms with Crippen molar-refractivity contribution in [3.05, 3.63) is 24.3 Å². The van der Waals surface area contributed by atoms with Crippen LogP contribution in [0.5, 0.6) is 5.75 Å². The lowest BCUT2D eigenvalue weighted by Crippen LogP contribution is -2.64. The quantitative estimate of drug-likeness (QED) is 0.642. The van der Waals surface area contributed by atoms with Crippen LogP contribution in [0.15, 0.2) is 29.3 Å². The molecule has 1 aliphatic heterocycles. The molecule has 1 saturated heterocycles. The third kappa shape index (κ3) is 3.68. The average Bonchev–Trinajstić information content (AvgIpc) is 2.53. The van der Waals surface area contributed by atoms with E-state index in [-0.39, 0.29) is 35.0 Å². The molecule has 1 aliphatic carbocycles. The smallest absolute Gasteiger partial charge is 0.404 e. The SMILES string of the molecule is CC1(C)C(N=C(N)Nc2ccccc2OC(F)(F)F)C2CCCOC21. The molecule has 1 saturated carbocycles. The largest absolute Gasteiger partial charge is 0.573 e. The fraction of sp³-hybridized carbons (Fsp3) is 0.588. The molecule has 0 bridgehead atoms. The van der Waals surface area contributed by atoms with Gasteiger partial charge in [-0.3, -0.25) is 0 Å². The normalized spacial score (nSPS) is 28.7. The van der Waals surface area contributed by atoms with Gasteiger partial charge in [0, 0.05) is 17.9 Å². The number of nitrogens with two attached hydrogens (primary N) is 1. The standard InChI is InChI=1S/C17H22F3N3O2/c1-16(2)13(10-6-5-9-24-14(10)16)23-15(21)22-11-7-3-4-8-12(11)25-17(18,19)20/h3-4,7-8,10,13-14H,5-6,9H2,1-2H3,(H3,21,22,23). The fourth-order valence-electron chi connectivity index (χ4n) is 3.86. The Balaban J connectivity index is 1.74. The predicted molar refractivity (Wildman–Crippen MR) is 88.4 cm³/mol. The Hall–Kier alpha value is -1.96. The highest BCUT2D eigenvalue weighted by atomic mass is 19.4. The molecule has 2 aliphatic rings. The van der Waals surface area contributed by atoms with Crippen LogP contribution in [0.2, 0.25) is 0 Å². The summed E-state index contributed by atoms with van der Waals surface area (Å²) in [4.78, 5) is 4.52. The first-order valence-corrected chi connectivity index (χ1v) is 8.25. The van der Waals surface area contributed by atoms with Crippen molar-refractivity contribution in [2.75, 3.05) is 11.9 Å². The molecule has 1 aromatic carbocycles. The van der Waals surface area contributed by atoms with Crippen LogP contribution in [-0.4, -0.2) is 31.1 Å². The number of anilines is 1. The molecule has 3 N–H and O–H groups in total. The monoisotopic (exact) mass is 357 g/mol. The third-order valence-electron chi connectivity index (χ3n) is 4.92. The minimum Gasteiger partial charge on any atom is -0.404 e. The Kier molecular flexibility index (Phi) is 4.57. The average molecular weight is 357 g/mol. The van der Waals surface area contributed by atoms with Crippen molar-refractivity contribution in [3.63, 3.8) is 0 Å². The lowest BCUT2D eigenvalue weighted by Gasteiger charge is -2.58. The number of aliphatic imine (C=N–C) groups is 1. The highest BCUT2D eigenvalue weighted by Gasteiger charge is 2.58. The molecule has 0 amide bonds. The second kappa shape index (κ2) is 6.40. The maximum atomic E-state index is 12.5. The van der Waals surface area contributed by atoms with Crippen molar-refractivity contribution >= 4 is 11.6 Å². The van der Waals surface area contributed by atoms with Crippen LogP contribution >= 0.6 is 0 Å². The lowest BCUT2D eigenvalue weighted by atomic mass is 9.55. The second-order valence-electron chi connectivity index (χ2n) is 7.05. The van der Waals surface area contributed by atoms with Gasteiger partial charge in [0.2, 0.25) is 0 Å².